The smallest absolute Gasteiger partial charge is 0.410 e. The number of hydrogen-bond acceptors (Lipinski definition) is 5. The summed E-state index contributed by atoms with van der Waals surface area (Å²) in [6, 6.07) is 2.07. The summed E-state index contributed by atoms with van der Waals surface area (Å²) in [6.07, 6.45) is 3.16. The Kier molecular flexibility index (Phi) is 6.06. The molecule has 1 fully saturated rings. The average Bonchev–Trinajstić information content (AvgIpc) is 2.95. The highest BCUT2D eigenvalue weighted by molar-refractivity contribution is 6.74. The quantitative estimate of drug-likeness (QED) is 0.659. The van der Waals surface area contributed by atoms with Crippen LogP contribution >= 0.6 is 0 Å². The summed E-state index contributed by atoms with van der Waals surface area (Å²) < 4.78 is 14.1. The molecular formula is C22H40N4O3Si. The standard InChI is InChI=1S/C22H40N4O3Si/c1-20(2,3)29-19(27)25-12-13-26-17(15-25)14-18(24-26)23-22(10-9-11-22)16-28-30(7,8)21(4,5)6/h14H,9-13,15-16H2,1-8H3,(H,23,24). The number of amides is 1. The van der Waals surface area contributed by atoms with Gasteiger partial charge in [-0.25, -0.2) is 4.79 Å². The molecule has 170 valence electrons. The van der Waals surface area contributed by atoms with Gasteiger partial charge in [-0.3, -0.25) is 4.68 Å². The summed E-state index contributed by atoms with van der Waals surface area (Å²) in [5, 5.41) is 8.65. The van der Waals surface area contributed by atoms with E-state index in [0.29, 0.717) is 19.6 Å². The molecule has 2 heterocycles. The number of nitrogens with one attached hydrogen (secondary N) is 1. The Hall–Kier alpha value is -1.54. The van der Waals surface area contributed by atoms with Crippen LogP contribution in [0.5, 0.6) is 0 Å². The van der Waals surface area contributed by atoms with E-state index in [2.05, 4.69) is 45.2 Å². The number of rotatable bonds is 5. The Morgan fingerprint density at radius 1 is 1.20 bits per heavy atom. The summed E-state index contributed by atoms with van der Waals surface area (Å²) in [4.78, 5) is 14.2. The third-order valence-electron chi connectivity index (χ3n) is 6.67. The van der Waals surface area contributed by atoms with E-state index in [1.165, 1.54) is 6.42 Å². The first-order valence-electron chi connectivity index (χ1n) is 11.2. The molecule has 0 atom stereocenters. The minimum atomic E-state index is -1.79. The van der Waals surface area contributed by atoms with Crippen molar-refractivity contribution in [1.82, 2.24) is 14.7 Å². The van der Waals surface area contributed by atoms with Crippen molar-refractivity contribution >= 4 is 20.2 Å². The SMILES string of the molecule is CC(C)(C)OC(=O)N1CCn2nc(NC3(CO[Si](C)(C)C(C)(C)C)CCC3)cc2C1. The number of aromatic nitrogens is 2. The second-order valence-corrected chi connectivity index (χ2v) is 16.3. The number of nitrogens with zero attached hydrogens (tertiary/aromatic N) is 3. The molecule has 1 aromatic heterocycles. The van der Waals surface area contributed by atoms with Crippen molar-refractivity contribution in [3.05, 3.63) is 11.8 Å². The predicted octanol–water partition coefficient (Wildman–Crippen LogP) is 4.99. The van der Waals surface area contributed by atoms with Crippen LogP contribution in [0, 0.1) is 0 Å². The predicted molar refractivity (Wildman–Crippen MR) is 122 cm³/mol. The highest BCUT2D eigenvalue weighted by atomic mass is 28.4. The molecule has 1 amide bonds. The van der Waals surface area contributed by atoms with E-state index in [1.54, 1.807) is 4.90 Å². The zero-order chi connectivity index (χ0) is 22.4. The van der Waals surface area contributed by atoms with E-state index in [4.69, 9.17) is 14.3 Å². The summed E-state index contributed by atoms with van der Waals surface area (Å²) in [6.45, 7) is 19.7. The van der Waals surface area contributed by atoms with Gasteiger partial charge < -0.3 is 19.4 Å². The molecule has 1 aromatic rings. The first-order chi connectivity index (χ1) is 13.7. The van der Waals surface area contributed by atoms with Crippen molar-refractivity contribution < 1.29 is 14.0 Å². The zero-order valence-corrected chi connectivity index (χ0v) is 21.1. The van der Waals surface area contributed by atoms with Gasteiger partial charge in [0.25, 0.3) is 0 Å². The molecule has 1 aliphatic heterocycles. The first kappa shape index (κ1) is 23.1. The van der Waals surface area contributed by atoms with E-state index >= 15 is 0 Å². The molecule has 1 N–H and O–H groups in total. The molecule has 0 spiro atoms. The van der Waals surface area contributed by atoms with Crippen LogP contribution in [0.15, 0.2) is 6.07 Å². The van der Waals surface area contributed by atoms with Crippen LogP contribution in [0.25, 0.3) is 0 Å². The molecule has 0 unspecified atom stereocenters. The lowest BCUT2D eigenvalue weighted by Crippen LogP contribution is -2.53. The Labute approximate surface area is 182 Å². The van der Waals surface area contributed by atoms with Crippen LogP contribution in [-0.4, -0.2) is 53.4 Å². The molecular weight excluding hydrogens is 396 g/mol. The van der Waals surface area contributed by atoms with E-state index in [9.17, 15) is 4.79 Å². The lowest BCUT2D eigenvalue weighted by Gasteiger charge is -2.46. The summed E-state index contributed by atoms with van der Waals surface area (Å²) in [7, 11) is -1.79. The molecule has 2 aliphatic rings. The number of carbonyl (C=O) groups excluding carboxylic acids is 1. The number of carbonyl (C=O) groups is 1. The largest absolute Gasteiger partial charge is 0.444 e. The number of ether oxygens (including phenoxy) is 1. The third kappa shape index (κ3) is 5.19. The van der Waals surface area contributed by atoms with Gasteiger partial charge in [-0.1, -0.05) is 20.8 Å². The monoisotopic (exact) mass is 436 g/mol. The molecule has 1 saturated carbocycles. The van der Waals surface area contributed by atoms with E-state index in [0.717, 1.165) is 31.0 Å². The maximum Gasteiger partial charge on any atom is 0.410 e. The van der Waals surface area contributed by atoms with E-state index in [-0.39, 0.29) is 16.7 Å². The van der Waals surface area contributed by atoms with Crippen molar-refractivity contribution in [3.63, 3.8) is 0 Å². The van der Waals surface area contributed by atoms with Crippen molar-refractivity contribution in [2.24, 2.45) is 0 Å². The van der Waals surface area contributed by atoms with Crippen LogP contribution in [-0.2, 0) is 22.3 Å². The Morgan fingerprint density at radius 3 is 2.40 bits per heavy atom. The minimum absolute atomic E-state index is 0.0229. The zero-order valence-electron chi connectivity index (χ0n) is 20.1. The fraction of sp³-hybridized carbons (Fsp3) is 0.818. The second kappa shape index (κ2) is 7.86. The number of hydrogen-bond donors (Lipinski definition) is 1. The lowest BCUT2D eigenvalue weighted by molar-refractivity contribution is 0.0194. The Balaban J connectivity index is 1.64. The normalized spacial score (nSPS) is 19.1. The Bertz CT molecular complexity index is 772. The van der Waals surface area contributed by atoms with Crippen molar-refractivity contribution in [2.45, 2.75) is 103 Å². The van der Waals surface area contributed by atoms with Gasteiger partial charge in [-0.05, 0) is 58.2 Å². The fourth-order valence-corrected chi connectivity index (χ4v) is 4.60. The van der Waals surface area contributed by atoms with Crippen molar-refractivity contribution in [3.8, 4) is 0 Å². The fourth-order valence-electron chi connectivity index (χ4n) is 3.53. The van der Waals surface area contributed by atoms with E-state index in [1.807, 2.05) is 25.5 Å². The highest BCUT2D eigenvalue weighted by Gasteiger charge is 2.43. The van der Waals surface area contributed by atoms with Crippen LogP contribution in [0.3, 0.4) is 0 Å². The van der Waals surface area contributed by atoms with E-state index < -0.39 is 13.9 Å². The van der Waals surface area contributed by atoms with Gasteiger partial charge >= 0.3 is 6.09 Å². The van der Waals surface area contributed by atoms with Crippen molar-refractivity contribution in [1.29, 1.82) is 0 Å². The molecule has 7 nitrogen and oxygen atoms in total. The maximum atomic E-state index is 12.4. The highest BCUT2D eigenvalue weighted by Crippen LogP contribution is 2.41. The Morgan fingerprint density at radius 2 is 1.87 bits per heavy atom. The van der Waals surface area contributed by atoms with Crippen molar-refractivity contribution in [2.75, 3.05) is 18.5 Å². The van der Waals surface area contributed by atoms with Gasteiger partial charge in [0.05, 0.1) is 30.9 Å². The topological polar surface area (TPSA) is 68.6 Å². The van der Waals surface area contributed by atoms with Gasteiger partial charge in [-0.15, -0.1) is 0 Å². The minimum Gasteiger partial charge on any atom is -0.444 e. The van der Waals surface area contributed by atoms with Crippen LogP contribution < -0.4 is 5.32 Å². The van der Waals surface area contributed by atoms with Crippen LogP contribution in [0.1, 0.15) is 66.5 Å². The summed E-state index contributed by atoms with van der Waals surface area (Å²) >= 11 is 0. The van der Waals surface area contributed by atoms with Gasteiger partial charge in [0, 0.05) is 12.6 Å². The molecule has 8 heteroatoms. The van der Waals surface area contributed by atoms with Crippen LogP contribution in [0.2, 0.25) is 18.1 Å². The third-order valence-corrected chi connectivity index (χ3v) is 11.1. The first-order valence-corrected chi connectivity index (χ1v) is 14.1. The summed E-state index contributed by atoms with van der Waals surface area (Å²) in [5.41, 5.74) is 0.530. The number of anilines is 1. The molecule has 1 aliphatic carbocycles. The van der Waals surface area contributed by atoms with Crippen LogP contribution in [0.4, 0.5) is 10.6 Å². The molecule has 3 rings (SSSR count). The maximum absolute atomic E-state index is 12.4. The molecule has 30 heavy (non-hydrogen) atoms. The van der Waals surface area contributed by atoms with Gasteiger partial charge in [-0.2, -0.15) is 5.10 Å². The average molecular weight is 437 g/mol. The summed E-state index contributed by atoms with van der Waals surface area (Å²) in [5.74, 6) is 0.884. The lowest BCUT2D eigenvalue weighted by atomic mass is 9.77. The molecule has 0 saturated heterocycles. The molecule has 0 bridgehead atoms. The van der Waals surface area contributed by atoms with Gasteiger partial charge in [0.15, 0.2) is 8.32 Å². The molecule has 0 radical (unpaired) electrons. The second-order valence-electron chi connectivity index (χ2n) is 11.5. The van der Waals surface area contributed by atoms with Gasteiger partial charge in [0.1, 0.15) is 11.4 Å². The molecule has 0 aromatic carbocycles. The number of fused-ring (bicyclic) bond motifs is 1. The van der Waals surface area contributed by atoms with Gasteiger partial charge in [0.2, 0.25) is 0 Å².